The lowest BCUT2D eigenvalue weighted by Crippen LogP contribution is -2.25. The van der Waals surface area contributed by atoms with Gasteiger partial charge in [0.1, 0.15) is 10.8 Å². The molecular weight excluding hydrogens is 344 g/mol. The third-order valence-electron chi connectivity index (χ3n) is 4.18. The highest BCUT2D eigenvalue weighted by atomic mass is 32.1. The second kappa shape index (κ2) is 8.15. The summed E-state index contributed by atoms with van der Waals surface area (Å²) in [6, 6.07) is 15.5. The molecule has 4 nitrogen and oxygen atoms in total. The molecule has 26 heavy (non-hydrogen) atoms. The van der Waals surface area contributed by atoms with Crippen LogP contribution in [0.2, 0.25) is 0 Å². The third-order valence-corrected chi connectivity index (χ3v) is 5.45. The van der Waals surface area contributed by atoms with E-state index in [2.05, 4.69) is 41.5 Å². The van der Waals surface area contributed by atoms with Crippen LogP contribution in [0.15, 0.2) is 48.5 Å². The lowest BCUT2D eigenvalue weighted by atomic mass is 10.2. The van der Waals surface area contributed by atoms with Crippen molar-refractivity contribution in [3.05, 3.63) is 70.2 Å². The number of carbonyl (C=O) groups is 1. The van der Waals surface area contributed by atoms with Crippen molar-refractivity contribution in [2.75, 3.05) is 13.7 Å². The van der Waals surface area contributed by atoms with Gasteiger partial charge in [0.25, 0.3) is 5.91 Å². The summed E-state index contributed by atoms with van der Waals surface area (Å²) in [4.78, 5) is 18.1. The molecule has 0 spiro atoms. The Hall–Kier alpha value is -2.66. The molecule has 1 aromatic heterocycles. The molecule has 134 valence electrons. The van der Waals surface area contributed by atoms with Gasteiger partial charge in [0, 0.05) is 29.0 Å². The second-order valence-corrected chi connectivity index (χ2v) is 7.21. The minimum atomic E-state index is -0.0754. The number of methoxy groups -OCH3 is 1. The normalized spacial score (nSPS) is 10.6. The van der Waals surface area contributed by atoms with Crippen molar-refractivity contribution in [3.8, 4) is 16.3 Å². The van der Waals surface area contributed by atoms with E-state index >= 15 is 0 Å². The molecule has 0 unspecified atom stereocenters. The molecule has 1 heterocycles. The summed E-state index contributed by atoms with van der Waals surface area (Å²) in [7, 11) is 1.61. The predicted molar refractivity (Wildman–Crippen MR) is 106 cm³/mol. The molecule has 0 saturated carbocycles. The summed E-state index contributed by atoms with van der Waals surface area (Å²) in [5.74, 6) is 0.666. The van der Waals surface area contributed by atoms with E-state index in [1.165, 1.54) is 10.4 Å². The first-order chi connectivity index (χ1) is 12.6. The summed E-state index contributed by atoms with van der Waals surface area (Å²) < 4.78 is 5.11. The van der Waals surface area contributed by atoms with E-state index in [1.54, 1.807) is 42.7 Å². The molecule has 5 heteroatoms. The van der Waals surface area contributed by atoms with Crippen LogP contribution in [-0.2, 0) is 6.42 Å². The molecule has 0 fully saturated rings. The molecule has 3 aromatic rings. The summed E-state index contributed by atoms with van der Waals surface area (Å²) in [6.45, 7) is 4.68. The van der Waals surface area contributed by atoms with E-state index in [9.17, 15) is 4.79 Å². The first kappa shape index (κ1) is 18.1. The molecule has 0 atom stereocenters. The topological polar surface area (TPSA) is 51.2 Å². The van der Waals surface area contributed by atoms with Gasteiger partial charge in [-0.15, -0.1) is 11.3 Å². The van der Waals surface area contributed by atoms with Crippen molar-refractivity contribution in [1.29, 1.82) is 0 Å². The van der Waals surface area contributed by atoms with Gasteiger partial charge in [-0.2, -0.15) is 0 Å². The zero-order chi connectivity index (χ0) is 18.5. The van der Waals surface area contributed by atoms with Crippen LogP contribution in [-0.4, -0.2) is 24.5 Å². The van der Waals surface area contributed by atoms with E-state index < -0.39 is 0 Å². The van der Waals surface area contributed by atoms with Crippen LogP contribution in [0.3, 0.4) is 0 Å². The number of rotatable bonds is 6. The first-order valence-corrected chi connectivity index (χ1v) is 9.34. The van der Waals surface area contributed by atoms with E-state index in [0.717, 1.165) is 28.4 Å². The molecular formula is C21H22N2O2S. The summed E-state index contributed by atoms with van der Waals surface area (Å²) in [6.07, 6.45) is 0.775. The maximum Gasteiger partial charge on any atom is 0.251 e. The van der Waals surface area contributed by atoms with Gasteiger partial charge in [0.2, 0.25) is 0 Å². The highest BCUT2D eigenvalue weighted by Gasteiger charge is 2.10. The van der Waals surface area contributed by atoms with Crippen LogP contribution >= 0.6 is 11.3 Å². The first-order valence-electron chi connectivity index (χ1n) is 8.52. The average Bonchev–Trinajstić information content (AvgIpc) is 3.03. The molecule has 0 bridgehead atoms. The fourth-order valence-electron chi connectivity index (χ4n) is 2.61. The van der Waals surface area contributed by atoms with Crippen molar-refractivity contribution < 1.29 is 9.53 Å². The van der Waals surface area contributed by atoms with Crippen molar-refractivity contribution in [3.63, 3.8) is 0 Å². The van der Waals surface area contributed by atoms with Crippen LogP contribution in [0.5, 0.6) is 5.75 Å². The van der Waals surface area contributed by atoms with Gasteiger partial charge in [-0.25, -0.2) is 4.98 Å². The van der Waals surface area contributed by atoms with E-state index in [0.29, 0.717) is 12.1 Å². The fourth-order valence-corrected chi connectivity index (χ4v) is 3.68. The van der Waals surface area contributed by atoms with E-state index in [-0.39, 0.29) is 5.91 Å². The maximum atomic E-state index is 12.2. The van der Waals surface area contributed by atoms with Crippen molar-refractivity contribution in [2.24, 2.45) is 0 Å². The Morgan fingerprint density at radius 3 is 2.42 bits per heavy atom. The SMILES string of the molecule is COc1ccc(C(=O)NCCc2sc(-c3ccc(C)cc3)nc2C)cc1. The highest BCUT2D eigenvalue weighted by molar-refractivity contribution is 7.15. The Morgan fingerprint density at radius 2 is 1.77 bits per heavy atom. The Balaban J connectivity index is 1.59. The van der Waals surface area contributed by atoms with Gasteiger partial charge >= 0.3 is 0 Å². The molecule has 2 aromatic carbocycles. The lowest BCUT2D eigenvalue weighted by Gasteiger charge is -2.05. The monoisotopic (exact) mass is 366 g/mol. The number of hydrogen-bond acceptors (Lipinski definition) is 4. The molecule has 0 aliphatic rings. The van der Waals surface area contributed by atoms with E-state index in [4.69, 9.17) is 4.74 Å². The van der Waals surface area contributed by atoms with Gasteiger partial charge in [0.15, 0.2) is 0 Å². The fraction of sp³-hybridized carbons (Fsp3) is 0.238. The number of aromatic nitrogens is 1. The molecule has 1 amide bonds. The van der Waals surface area contributed by atoms with Gasteiger partial charge < -0.3 is 10.1 Å². The molecule has 0 aliphatic carbocycles. The minimum absolute atomic E-state index is 0.0754. The zero-order valence-corrected chi connectivity index (χ0v) is 16.0. The van der Waals surface area contributed by atoms with Crippen LogP contribution < -0.4 is 10.1 Å². The molecule has 0 radical (unpaired) electrons. The number of amides is 1. The smallest absolute Gasteiger partial charge is 0.251 e. The Labute approximate surface area is 157 Å². The number of nitrogens with zero attached hydrogens (tertiary/aromatic N) is 1. The zero-order valence-electron chi connectivity index (χ0n) is 15.2. The number of nitrogens with one attached hydrogen (secondary N) is 1. The van der Waals surface area contributed by atoms with Crippen LogP contribution in [0.1, 0.15) is 26.5 Å². The van der Waals surface area contributed by atoms with E-state index in [1.807, 2.05) is 6.92 Å². The number of thiazole rings is 1. The summed E-state index contributed by atoms with van der Waals surface area (Å²) in [5.41, 5.74) is 4.04. The second-order valence-electron chi connectivity index (χ2n) is 6.13. The Morgan fingerprint density at radius 1 is 1.08 bits per heavy atom. The molecule has 3 rings (SSSR count). The predicted octanol–water partition coefficient (Wildman–Crippen LogP) is 4.41. The lowest BCUT2D eigenvalue weighted by molar-refractivity contribution is 0.0954. The molecule has 1 N–H and O–H groups in total. The molecule has 0 aliphatic heterocycles. The number of ether oxygens (including phenoxy) is 1. The van der Waals surface area contributed by atoms with Gasteiger partial charge in [0.05, 0.1) is 12.8 Å². The van der Waals surface area contributed by atoms with Gasteiger partial charge in [-0.05, 0) is 38.1 Å². The summed E-state index contributed by atoms with van der Waals surface area (Å²) >= 11 is 1.69. The Bertz CT molecular complexity index is 883. The minimum Gasteiger partial charge on any atom is -0.497 e. The van der Waals surface area contributed by atoms with Gasteiger partial charge in [-0.1, -0.05) is 29.8 Å². The number of benzene rings is 2. The largest absolute Gasteiger partial charge is 0.497 e. The highest BCUT2D eigenvalue weighted by Crippen LogP contribution is 2.28. The third kappa shape index (κ3) is 4.29. The van der Waals surface area contributed by atoms with Crippen LogP contribution in [0.25, 0.3) is 10.6 Å². The standard InChI is InChI=1S/C21H22N2O2S/c1-14-4-6-17(7-5-14)21-23-15(2)19(26-21)12-13-22-20(24)16-8-10-18(25-3)11-9-16/h4-11H,12-13H2,1-3H3,(H,22,24). The summed E-state index contributed by atoms with van der Waals surface area (Å²) in [5, 5.41) is 3.99. The molecule has 0 saturated heterocycles. The number of hydrogen-bond donors (Lipinski definition) is 1. The van der Waals surface area contributed by atoms with Crippen LogP contribution in [0, 0.1) is 13.8 Å². The number of aryl methyl sites for hydroxylation is 2. The Kier molecular flexibility index (Phi) is 5.68. The van der Waals surface area contributed by atoms with Crippen molar-refractivity contribution in [2.45, 2.75) is 20.3 Å². The van der Waals surface area contributed by atoms with Crippen molar-refractivity contribution in [1.82, 2.24) is 10.3 Å². The van der Waals surface area contributed by atoms with Crippen molar-refractivity contribution >= 4 is 17.2 Å². The number of carbonyl (C=O) groups excluding carboxylic acids is 1. The van der Waals surface area contributed by atoms with Crippen LogP contribution in [0.4, 0.5) is 0 Å². The average molecular weight is 366 g/mol. The quantitative estimate of drug-likeness (QED) is 0.703. The maximum absolute atomic E-state index is 12.2. The van der Waals surface area contributed by atoms with Gasteiger partial charge in [-0.3, -0.25) is 4.79 Å².